The molecule has 20 heavy (non-hydrogen) atoms. The molecule has 0 atom stereocenters. The number of methoxy groups -OCH3 is 3. The van der Waals surface area contributed by atoms with Gasteiger partial charge in [0, 0.05) is 0 Å². The lowest BCUT2D eigenvalue weighted by molar-refractivity contribution is 0.112. The first kappa shape index (κ1) is 14.2. The fraction of sp³-hybridized carbons (Fsp3) is 0.231. The molecular formula is C13H11ClO6. The van der Waals surface area contributed by atoms with Gasteiger partial charge in [-0.1, -0.05) is 11.6 Å². The van der Waals surface area contributed by atoms with Crippen LogP contribution in [0.1, 0.15) is 10.4 Å². The summed E-state index contributed by atoms with van der Waals surface area (Å²) in [4.78, 5) is 22.5. The van der Waals surface area contributed by atoms with E-state index in [0.29, 0.717) is 11.7 Å². The van der Waals surface area contributed by atoms with Crippen molar-refractivity contribution in [3.63, 3.8) is 0 Å². The van der Waals surface area contributed by atoms with E-state index in [-0.39, 0.29) is 33.4 Å². The lowest BCUT2D eigenvalue weighted by Gasteiger charge is -2.15. The largest absolute Gasteiger partial charge is 0.494 e. The van der Waals surface area contributed by atoms with Crippen molar-refractivity contribution in [2.24, 2.45) is 0 Å². The molecule has 0 bridgehead atoms. The Morgan fingerprint density at radius 2 is 1.70 bits per heavy atom. The lowest BCUT2D eigenvalue weighted by atomic mass is 10.1. The summed E-state index contributed by atoms with van der Waals surface area (Å²) in [6.07, 6.45) is 0.398. The van der Waals surface area contributed by atoms with Gasteiger partial charge >= 0.3 is 5.63 Å². The molecule has 0 aliphatic heterocycles. The number of carbonyl (C=O) groups excluding carboxylic acids is 1. The molecule has 2 aromatic rings. The number of carbonyl (C=O) groups is 1. The minimum absolute atomic E-state index is 0.0983. The fourth-order valence-electron chi connectivity index (χ4n) is 1.90. The highest BCUT2D eigenvalue weighted by Crippen LogP contribution is 2.48. The molecule has 7 heteroatoms. The van der Waals surface area contributed by atoms with Crippen LogP contribution < -0.4 is 19.8 Å². The molecular weight excluding hydrogens is 288 g/mol. The molecule has 0 unspecified atom stereocenters. The maximum Gasteiger partial charge on any atom is 0.347 e. The van der Waals surface area contributed by atoms with Crippen LogP contribution in [-0.4, -0.2) is 27.6 Å². The molecule has 6 nitrogen and oxygen atoms in total. The Kier molecular flexibility index (Phi) is 3.85. The summed E-state index contributed by atoms with van der Waals surface area (Å²) in [5.74, 6) is 0.564. The summed E-state index contributed by atoms with van der Waals surface area (Å²) in [6, 6.07) is 1.33. The van der Waals surface area contributed by atoms with Gasteiger partial charge in [-0.25, -0.2) is 4.79 Å². The molecule has 0 aliphatic rings. The van der Waals surface area contributed by atoms with Crippen LogP contribution in [0.15, 0.2) is 15.3 Å². The van der Waals surface area contributed by atoms with E-state index < -0.39 is 5.63 Å². The SMILES string of the molecule is COc1c(Cl)c(OC)c2cc(C=O)c(=O)oc2c1OC. The van der Waals surface area contributed by atoms with Crippen molar-refractivity contribution in [2.75, 3.05) is 21.3 Å². The van der Waals surface area contributed by atoms with Crippen LogP contribution in [0.2, 0.25) is 5.02 Å². The highest BCUT2D eigenvalue weighted by Gasteiger charge is 2.23. The van der Waals surface area contributed by atoms with E-state index in [1.165, 1.54) is 27.4 Å². The summed E-state index contributed by atoms with van der Waals surface area (Å²) in [5.41, 5.74) is -0.822. The molecule has 0 N–H and O–H groups in total. The van der Waals surface area contributed by atoms with E-state index in [2.05, 4.69) is 0 Å². The number of ether oxygens (including phenoxy) is 3. The summed E-state index contributed by atoms with van der Waals surface area (Å²) < 4.78 is 20.6. The number of hydrogen-bond donors (Lipinski definition) is 0. The summed E-state index contributed by atoms with van der Waals surface area (Å²) in [6.45, 7) is 0. The summed E-state index contributed by atoms with van der Waals surface area (Å²) in [5, 5.41) is 0.502. The monoisotopic (exact) mass is 298 g/mol. The lowest BCUT2D eigenvalue weighted by Crippen LogP contribution is -2.07. The molecule has 0 saturated heterocycles. The van der Waals surface area contributed by atoms with E-state index in [4.69, 9.17) is 30.2 Å². The van der Waals surface area contributed by atoms with Gasteiger partial charge in [-0.3, -0.25) is 4.79 Å². The average molecular weight is 299 g/mol. The number of fused-ring (bicyclic) bond motifs is 1. The van der Waals surface area contributed by atoms with Crippen molar-refractivity contribution in [1.82, 2.24) is 0 Å². The van der Waals surface area contributed by atoms with Crippen molar-refractivity contribution in [3.05, 3.63) is 27.1 Å². The third kappa shape index (κ3) is 1.98. The van der Waals surface area contributed by atoms with Gasteiger partial charge in [0.2, 0.25) is 5.75 Å². The molecule has 0 saturated carbocycles. The van der Waals surface area contributed by atoms with E-state index in [1.54, 1.807) is 0 Å². The van der Waals surface area contributed by atoms with Crippen LogP contribution in [0.5, 0.6) is 17.2 Å². The van der Waals surface area contributed by atoms with Gasteiger partial charge in [0.05, 0.1) is 26.7 Å². The quantitative estimate of drug-likeness (QED) is 0.637. The maximum atomic E-state index is 11.6. The highest BCUT2D eigenvalue weighted by molar-refractivity contribution is 6.35. The third-order valence-corrected chi connectivity index (χ3v) is 3.11. The number of hydrogen-bond acceptors (Lipinski definition) is 6. The predicted octanol–water partition coefficient (Wildman–Crippen LogP) is 2.28. The second-order valence-corrected chi connectivity index (χ2v) is 4.14. The zero-order chi connectivity index (χ0) is 14.9. The minimum Gasteiger partial charge on any atom is -0.494 e. The first-order valence-corrected chi connectivity index (χ1v) is 5.87. The molecule has 2 rings (SSSR count). The molecule has 1 heterocycles. The van der Waals surface area contributed by atoms with E-state index >= 15 is 0 Å². The summed E-state index contributed by atoms with van der Waals surface area (Å²) in [7, 11) is 4.18. The molecule has 0 amide bonds. The molecule has 106 valence electrons. The minimum atomic E-state index is -0.780. The van der Waals surface area contributed by atoms with Gasteiger partial charge in [0.1, 0.15) is 10.6 Å². The molecule has 0 fully saturated rings. The Morgan fingerprint density at radius 1 is 1.10 bits per heavy atom. The smallest absolute Gasteiger partial charge is 0.347 e. The third-order valence-electron chi connectivity index (χ3n) is 2.77. The Labute approximate surface area is 118 Å². The Hall–Kier alpha value is -2.21. The Balaban J connectivity index is 3.05. The van der Waals surface area contributed by atoms with Crippen LogP contribution in [0, 0.1) is 0 Å². The fourth-order valence-corrected chi connectivity index (χ4v) is 2.24. The zero-order valence-corrected chi connectivity index (χ0v) is 11.7. The van der Waals surface area contributed by atoms with Crippen molar-refractivity contribution < 1.29 is 23.4 Å². The van der Waals surface area contributed by atoms with Crippen LogP contribution in [0.3, 0.4) is 0 Å². The molecule has 1 aromatic heterocycles. The first-order valence-electron chi connectivity index (χ1n) is 5.49. The maximum absolute atomic E-state index is 11.6. The van der Waals surface area contributed by atoms with E-state index in [9.17, 15) is 9.59 Å². The predicted molar refractivity (Wildman–Crippen MR) is 72.5 cm³/mol. The van der Waals surface area contributed by atoms with Gasteiger partial charge in [-0.2, -0.15) is 0 Å². The van der Waals surface area contributed by atoms with E-state index in [0.717, 1.165) is 0 Å². The second kappa shape index (κ2) is 5.42. The van der Waals surface area contributed by atoms with Crippen LogP contribution in [0.25, 0.3) is 11.0 Å². The van der Waals surface area contributed by atoms with Gasteiger partial charge in [0.15, 0.2) is 23.4 Å². The standard InChI is InChI=1S/C13H11ClO6/c1-17-9-7-4-6(5-15)13(16)20-10(7)12(19-3)11(18-2)8(9)14/h4-5H,1-3H3. The van der Waals surface area contributed by atoms with Crippen molar-refractivity contribution in [3.8, 4) is 17.2 Å². The van der Waals surface area contributed by atoms with Crippen LogP contribution in [-0.2, 0) is 0 Å². The normalized spacial score (nSPS) is 10.4. The molecule has 0 spiro atoms. The second-order valence-electron chi connectivity index (χ2n) is 3.76. The van der Waals surface area contributed by atoms with Crippen molar-refractivity contribution in [2.45, 2.75) is 0 Å². The van der Waals surface area contributed by atoms with Crippen molar-refractivity contribution in [1.29, 1.82) is 0 Å². The highest BCUT2D eigenvalue weighted by atomic mass is 35.5. The van der Waals surface area contributed by atoms with E-state index in [1.807, 2.05) is 0 Å². The summed E-state index contributed by atoms with van der Waals surface area (Å²) >= 11 is 6.17. The van der Waals surface area contributed by atoms with Crippen molar-refractivity contribution >= 4 is 28.9 Å². The Morgan fingerprint density at radius 3 is 2.20 bits per heavy atom. The molecule has 0 radical (unpaired) electrons. The van der Waals surface area contributed by atoms with Gasteiger partial charge < -0.3 is 18.6 Å². The first-order chi connectivity index (χ1) is 9.58. The molecule has 0 aliphatic carbocycles. The number of halogens is 1. The zero-order valence-electron chi connectivity index (χ0n) is 11.0. The van der Waals surface area contributed by atoms with Crippen LogP contribution in [0.4, 0.5) is 0 Å². The average Bonchev–Trinajstić information content (AvgIpc) is 2.45. The Bertz CT molecular complexity index is 734. The molecule has 1 aromatic carbocycles. The van der Waals surface area contributed by atoms with Gasteiger partial charge in [-0.15, -0.1) is 0 Å². The van der Waals surface area contributed by atoms with Gasteiger partial charge in [-0.05, 0) is 6.07 Å². The number of rotatable bonds is 4. The number of aldehydes is 1. The topological polar surface area (TPSA) is 75.0 Å². The van der Waals surface area contributed by atoms with Gasteiger partial charge in [0.25, 0.3) is 0 Å². The number of benzene rings is 1. The van der Waals surface area contributed by atoms with Crippen LogP contribution >= 0.6 is 11.6 Å².